The van der Waals surface area contributed by atoms with Gasteiger partial charge in [-0.05, 0) is 51.3 Å². The summed E-state index contributed by atoms with van der Waals surface area (Å²) in [5, 5.41) is 3.23. The Labute approximate surface area is 218 Å². The zero-order valence-corrected chi connectivity index (χ0v) is 22.6. The largest absolute Gasteiger partial charge is 0.368 e. The number of hydrogen-bond donors (Lipinski definition) is 1. The Morgan fingerprint density at radius 2 is 1.81 bits per heavy atom. The lowest BCUT2D eigenvalue weighted by Crippen LogP contribution is -2.49. The summed E-state index contributed by atoms with van der Waals surface area (Å²) >= 11 is 0. The molecule has 0 unspecified atom stereocenters. The van der Waals surface area contributed by atoms with Gasteiger partial charge in [-0.15, -0.1) is 0 Å². The van der Waals surface area contributed by atoms with Crippen molar-refractivity contribution in [3.05, 3.63) is 35.7 Å². The average molecular weight is 526 g/mol. The zero-order valence-electron chi connectivity index (χ0n) is 21.8. The molecule has 2 aliphatic heterocycles. The number of sulfonamides is 1. The molecule has 1 N–H and O–H groups in total. The molecule has 5 rings (SSSR count). The third-order valence-electron chi connectivity index (χ3n) is 7.77. The maximum Gasteiger partial charge on any atom is 0.230 e. The highest BCUT2D eigenvalue weighted by atomic mass is 32.2. The van der Waals surface area contributed by atoms with Gasteiger partial charge in [0.2, 0.25) is 16.0 Å². The van der Waals surface area contributed by atoms with E-state index >= 15 is 0 Å². The third-order valence-corrected chi connectivity index (χ3v) is 9.65. The summed E-state index contributed by atoms with van der Waals surface area (Å²) in [5.74, 6) is 2.22. The summed E-state index contributed by atoms with van der Waals surface area (Å²) < 4.78 is 25.8. The van der Waals surface area contributed by atoms with Crippen LogP contribution in [0.15, 0.2) is 30.1 Å². The van der Waals surface area contributed by atoms with Crippen molar-refractivity contribution >= 4 is 44.7 Å². The minimum Gasteiger partial charge on any atom is -0.368 e. The molecule has 4 heterocycles. The normalized spacial score (nSPS) is 19.3. The first-order chi connectivity index (χ1) is 17.8. The Kier molecular flexibility index (Phi) is 7.17. The Morgan fingerprint density at radius 3 is 2.43 bits per heavy atom. The number of nitrogens with zero attached hydrogens (tertiary/aromatic N) is 6. The second-order valence-electron chi connectivity index (χ2n) is 9.97. The van der Waals surface area contributed by atoms with Crippen molar-refractivity contribution in [3.8, 4) is 0 Å². The first-order valence-corrected chi connectivity index (χ1v) is 14.7. The number of rotatable bonds is 7. The monoisotopic (exact) mass is 525 g/mol. The Balaban J connectivity index is 1.31. The van der Waals surface area contributed by atoms with Crippen molar-refractivity contribution in [3.63, 3.8) is 0 Å². The van der Waals surface area contributed by atoms with Crippen molar-refractivity contribution < 1.29 is 13.2 Å². The van der Waals surface area contributed by atoms with E-state index < -0.39 is 10.0 Å². The predicted octanol–water partition coefficient (Wildman–Crippen LogP) is 3.21. The van der Waals surface area contributed by atoms with Gasteiger partial charge in [-0.25, -0.2) is 18.4 Å². The van der Waals surface area contributed by atoms with Crippen LogP contribution in [0.5, 0.6) is 0 Å². The molecule has 0 spiro atoms. The van der Waals surface area contributed by atoms with Crippen LogP contribution in [0.2, 0.25) is 0 Å². The van der Waals surface area contributed by atoms with Crippen LogP contribution in [0.3, 0.4) is 0 Å². The van der Waals surface area contributed by atoms with Gasteiger partial charge in [0.25, 0.3) is 0 Å². The molecule has 0 bridgehead atoms. The van der Waals surface area contributed by atoms with Crippen LogP contribution < -0.4 is 15.1 Å². The highest BCUT2D eigenvalue weighted by molar-refractivity contribution is 7.89. The molecule has 11 heteroatoms. The first-order valence-electron chi connectivity index (χ1n) is 13.1. The smallest absolute Gasteiger partial charge is 0.230 e. The van der Waals surface area contributed by atoms with Crippen LogP contribution in [0, 0.1) is 0 Å². The number of Topliss-reactive ketones (excluding diaryl/α,β-unsaturated/α-hetero) is 1. The van der Waals surface area contributed by atoms with E-state index in [2.05, 4.69) is 25.1 Å². The Hall–Kier alpha value is -3.05. The summed E-state index contributed by atoms with van der Waals surface area (Å²) in [4.78, 5) is 30.7. The molecule has 2 aromatic heterocycles. The van der Waals surface area contributed by atoms with Gasteiger partial charge in [-0.1, -0.05) is 12.8 Å². The minimum atomic E-state index is -3.15. The van der Waals surface area contributed by atoms with Gasteiger partial charge in [0.15, 0.2) is 5.78 Å². The lowest BCUT2D eigenvalue weighted by atomic mass is 9.94. The van der Waals surface area contributed by atoms with Gasteiger partial charge in [-0.2, -0.15) is 9.29 Å². The number of hydrogen-bond acceptors (Lipinski definition) is 9. The molecule has 0 radical (unpaired) electrons. The van der Waals surface area contributed by atoms with Crippen LogP contribution in [0.25, 0.3) is 5.57 Å². The summed E-state index contributed by atoms with van der Waals surface area (Å²) in [7, 11) is -3.15. The van der Waals surface area contributed by atoms with Gasteiger partial charge in [-0.3, -0.25) is 4.79 Å². The van der Waals surface area contributed by atoms with E-state index in [1.807, 2.05) is 25.3 Å². The molecule has 0 atom stereocenters. The summed E-state index contributed by atoms with van der Waals surface area (Å²) in [6.07, 6.45) is 8.22. The van der Waals surface area contributed by atoms with E-state index in [0.29, 0.717) is 50.5 Å². The summed E-state index contributed by atoms with van der Waals surface area (Å²) in [6.45, 7) is 8.12. The SMILES string of the molecule is CCS(=O)(=O)N1CCN(c2ccc(Nc3ncc4c(n3)N(C3CCCC3)CC(C(C)=O)=C4C)nc2)CC1. The standard InChI is InChI=1S/C26H35N7O3S/c1-4-37(35,36)32-13-11-31(12-14-32)21-9-10-24(27-15-21)29-26-28-16-22-18(2)23(19(3)34)17-33(25(22)30-26)20-7-5-6-8-20/h9-10,15-16,20H,4-8,11-14,17H2,1-3H3,(H,27,28,29,30). The van der Waals surface area contributed by atoms with Gasteiger partial charge in [0.1, 0.15) is 11.6 Å². The number of anilines is 4. The predicted molar refractivity (Wildman–Crippen MR) is 146 cm³/mol. The highest BCUT2D eigenvalue weighted by Crippen LogP contribution is 2.38. The van der Waals surface area contributed by atoms with E-state index in [-0.39, 0.29) is 11.5 Å². The van der Waals surface area contributed by atoms with E-state index in [0.717, 1.165) is 41.1 Å². The zero-order chi connectivity index (χ0) is 26.2. The minimum absolute atomic E-state index is 0.103. The number of carbonyl (C=O) groups is 1. The molecular weight excluding hydrogens is 490 g/mol. The maximum absolute atomic E-state index is 12.3. The van der Waals surface area contributed by atoms with Crippen molar-refractivity contribution in [2.24, 2.45) is 0 Å². The number of pyridine rings is 1. The molecule has 0 amide bonds. The van der Waals surface area contributed by atoms with E-state index in [1.165, 1.54) is 12.8 Å². The van der Waals surface area contributed by atoms with Crippen LogP contribution in [0.1, 0.15) is 52.0 Å². The number of nitrogens with one attached hydrogen (secondary N) is 1. The molecule has 1 saturated carbocycles. The number of allylic oxidation sites excluding steroid dienone is 1. The Bertz CT molecular complexity index is 1300. The number of carbonyl (C=O) groups excluding carboxylic acids is 1. The van der Waals surface area contributed by atoms with Crippen molar-refractivity contribution in [2.75, 3.05) is 53.6 Å². The molecule has 1 aliphatic carbocycles. The highest BCUT2D eigenvalue weighted by Gasteiger charge is 2.32. The van der Waals surface area contributed by atoms with Gasteiger partial charge in [0, 0.05) is 56.1 Å². The van der Waals surface area contributed by atoms with E-state index in [9.17, 15) is 13.2 Å². The molecule has 10 nitrogen and oxygen atoms in total. The van der Waals surface area contributed by atoms with Gasteiger partial charge < -0.3 is 15.1 Å². The quantitative estimate of drug-likeness (QED) is 0.582. The molecule has 3 aliphatic rings. The maximum atomic E-state index is 12.3. The van der Waals surface area contributed by atoms with Gasteiger partial charge in [0.05, 0.1) is 17.6 Å². The van der Waals surface area contributed by atoms with Crippen LogP contribution >= 0.6 is 0 Å². The first kappa shape index (κ1) is 25.6. The van der Waals surface area contributed by atoms with E-state index in [1.54, 1.807) is 24.3 Å². The second kappa shape index (κ2) is 10.4. The fourth-order valence-electron chi connectivity index (χ4n) is 5.50. The average Bonchev–Trinajstić information content (AvgIpc) is 3.44. The number of fused-ring (bicyclic) bond motifs is 1. The number of piperazine rings is 1. The second-order valence-corrected chi connectivity index (χ2v) is 12.2. The van der Waals surface area contributed by atoms with Crippen LogP contribution in [-0.2, 0) is 14.8 Å². The Morgan fingerprint density at radius 1 is 1.08 bits per heavy atom. The van der Waals surface area contributed by atoms with Crippen LogP contribution in [0.4, 0.5) is 23.3 Å². The van der Waals surface area contributed by atoms with Crippen molar-refractivity contribution in [2.45, 2.75) is 52.5 Å². The topological polar surface area (TPSA) is 112 Å². The van der Waals surface area contributed by atoms with Gasteiger partial charge >= 0.3 is 0 Å². The molecule has 1 saturated heterocycles. The molecule has 2 fully saturated rings. The molecule has 37 heavy (non-hydrogen) atoms. The molecule has 198 valence electrons. The molecular formula is C26H35N7O3S. The number of aromatic nitrogens is 3. The number of ketones is 1. The van der Waals surface area contributed by atoms with Crippen molar-refractivity contribution in [1.82, 2.24) is 19.3 Å². The summed E-state index contributed by atoms with van der Waals surface area (Å²) in [6, 6.07) is 4.25. The molecule has 0 aromatic carbocycles. The lowest BCUT2D eigenvalue weighted by Gasteiger charge is -2.36. The fourth-order valence-corrected chi connectivity index (χ4v) is 6.59. The lowest BCUT2D eigenvalue weighted by molar-refractivity contribution is -0.113. The molecule has 2 aromatic rings. The van der Waals surface area contributed by atoms with Crippen molar-refractivity contribution in [1.29, 1.82) is 0 Å². The fraction of sp³-hybridized carbons (Fsp3) is 0.538. The summed E-state index contributed by atoms with van der Waals surface area (Å²) in [5.41, 5.74) is 3.67. The van der Waals surface area contributed by atoms with Crippen LogP contribution in [-0.4, -0.2) is 78.0 Å². The third kappa shape index (κ3) is 5.19. The van der Waals surface area contributed by atoms with E-state index in [4.69, 9.17) is 4.98 Å².